The van der Waals surface area contributed by atoms with Crippen molar-refractivity contribution in [2.45, 2.75) is 37.5 Å². The summed E-state index contributed by atoms with van der Waals surface area (Å²) >= 11 is 2.53. The van der Waals surface area contributed by atoms with Crippen molar-refractivity contribution in [2.75, 3.05) is 71.5 Å². The second kappa shape index (κ2) is 18.6. The van der Waals surface area contributed by atoms with Crippen molar-refractivity contribution >= 4 is 55.5 Å². The molecule has 0 heterocycles. The number of carbonyl (C=O) groups excluding carboxylic acids is 1. The van der Waals surface area contributed by atoms with Crippen LogP contribution in [0.3, 0.4) is 0 Å². The number of ether oxygens (including phenoxy) is 3. The van der Waals surface area contributed by atoms with E-state index in [4.69, 9.17) is 14.6 Å². The van der Waals surface area contributed by atoms with Crippen LogP contribution < -0.4 is 9.47 Å². The van der Waals surface area contributed by atoms with Crippen LogP contribution in [0.25, 0.3) is 0 Å². The first-order valence-electron chi connectivity index (χ1n) is 13.6. The number of sulfonamides is 2. The predicted molar refractivity (Wildman–Crippen MR) is 179 cm³/mol. The van der Waals surface area contributed by atoms with Gasteiger partial charge in [-0.2, -0.15) is 0 Å². The van der Waals surface area contributed by atoms with Crippen LogP contribution in [0.1, 0.15) is 22.3 Å². The molecule has 0 fully saturated rings. The van der Waals surface area contributed by atoms with Crippen LogP contribution >= 0.6 is 23.5 Å². The normalized spacial score (nSPS) is 11.6. The molecule has 0 unspecified atom stereocenters. The number of hydrogen-bond acceptors (Lipinski definition) is 11. The van der Waals surface area contributed by atoms with Gasteiger partial charge in [-0.15, -0.1) is 23.5 Å². The summed E-state index contributed by atoms with van der Waals surface area (Å²) in [5.74, 6) is 1.15. The molecule has 45 heavy (non-hydrogen) atoms. The molecule has 254 valence electrons. The minimum absolute atomic E-state index is 0.0333. The molecule has 0 aliphatic rings. The van der Waals surface area contributed by atoms with Gasteiger partial charge in [0.15, 0.2) is 0 Å². The number of benzene rings is 2. The number of carbonyl (C=O) groups is 2. The molecule has 2 aromatic carbocycles. The number of nitrogens with zero attached hydrogens (tertiary/aromatic N) is 2. The van der Waals surface area contributed by atoms with Gasteiger partial charge in [0.2, 0.25) is 20.0 Å². The average Bonchev–Trinajstić information content (AvgIpc) is 2.96. The van der Waals surface area contributed by atoms with Gasteiger partial charge in [-0.1, -0.05) is 0 Å². The molecule has 0 aromatic heterocycles. The molecule has 0 bridgehead atoms. The average molecular weight is 709 g/mol. The molecule has 0 amide bonds. The Kier molecular flexibility index (Phi) is 16.7. The van der Waals surface area contributed by atoms with Gasteiger partial charge in [-0.25, -0.2) is 25.4 Å². The Morgan fingerprint density at radius 1 is 0.689 bits per heavy atom. The third-order valence-electron chi connectivity index (χ3n) is 6.45. The number of hydrogen-bond donors (Lipinski definition) is 1. The number of methoxy groups -OCH3 is 3. The fourth-order valence-electron chi connectivity index (χ4n) is 4.18. The molecule has 0 atom stereocenters. The Morgan fingerprint density at radius 2 is 1.02 bits per heavy atom. The third-order valence-corrected chi connectivity index (χ3v) is 12.6. The van der Waals surface area contributed by atoms with Crippen LogP contribution in [0.5, 0.6) is 11.5 Å². The number of carboxylic acids is 1. The quantitative estimate of drug-likeness (QED) is 0.200. The van der Waals surface area contributed by atoms with Crippen molar-refractivity contribution in [1.29, 1.82) is 0 Å². The molecular weight excluding hydrogens is 665 g/mol. The number of thioether (sulfide) groups is 2. The zero-order valence-corrected chi connectivity index (χ0v) is 30.5. The van der Waals surface area contributed by atoms with E-state index >= 15 is 0 Å². The van der Waals surface area contributed by atoms with E-state index in [0.29, 0.717) is 56.7 Å². The largest absolute Gasteiger partial charge is 0.497 e. The smallest absolute Gasteiger partial charge is 0.315 e. The van der Waals surface area contributed by atoms with Gasteiger partial charge in [-0.3, -0.25) is 9.59 Å². The molecule has 0 radical (unpaired) electrons. The van der Waals surface area contributed by atoms with E-state index in [9.17, 15) is 26.4 Å². The highest BCUT2D eigenvalue weighted by Crippen LogP contribution is 2.29. The molecule has 2 aromatic rings. The van der Waals surface area contributed by atoms with Gasteiger partial charge >= 0.3 is 11.9 Å². The van der Waals surface area contributed by atoms with E-state index in [1.54, 1.807) is 59.1 Å². The molecule has 0 saturated carbocycles. The van der Waals surface area contributed by atoms with Crippen LogP contribution in [-0.4, -0.2) is 114 Å². The summed E-state index contributed by atoms with van der Waals surface area (Å²) in [6.45, 7) is 7.54. The van der Waals surface area contributed by atoms with Crippen molar-refractivity contribution in [2.24, 2.45) is 0 Å². The zero-order chi connectivity index (χ0) is 34.5. The van der Waals surface area contributed by atoms with Gasteiger partial charge in [0.1, 0.15) is 11.5 Å². The van der Waals surface area contributed by atoms with Gasteiger partial charge in [0.25, 0.3) is 0 Å². The van der Waals surface area contributed by atoms with Gasteiger partial charge in [0.05, 0.1) is 42.6 Å². The monoisotopic (exact) mass is 708 g/mol. The lowest BCUT2D eigenvalue weighted by atomic mass is 10.1. The second-order valence-corrected chi connectivity index (χ2v) is 16.1. The maximum absolute atomic E-state index is 12.7. The number of rotatable bonds is 16. The van der Waals surface area contributed by atoms with Crippen LogP contribution in [0.15, 0.2) is 34.1 Å². The van der Waals surface area contributed by atoms with Crippen LogP contribution in [0.2, 0.25) is 0 Å². The highest BCUT2D eigenvalue weighted by atomic mass is 32.2. The van der Waals surface area contributed by atoms with Crippen molar-refractivity contribution in [1.82, 2.24) is 8.61 Å². The number of esters is 1. The van der Waals surface area contributed by atoms with E-state index in [2.05, 4.69) is 4.74 Å². The molecule has 0 aliphatic heterocycles. The highest BCUT2D eigenvalue weighted by Gasteiger charge is 2.26. The maximum Gasteiger partial charge on any atom is 0.315 e. The van der Waals surface area contributed by atoms with E-state index in [1.807, 2.05) is 0 Å². The fourth-order valence-corrected chi connectivity index (χ4v) is 9.12. The van der Waals surface area contributed by atoms with Gasteiger partial charge < -0.3 is 19.3 Å². The predicted octanol–water partition coefficient (Wildman–Crippen LogP) is 3.59. The van der Waals surface area contributed by atoms with Crippen molar-refractivity contribution in [3.05, 3.63) is 46.5 Å². The van der Waals surface area contributed by atoms with Crippen molar-refractivity contribution in [3.63, 3.8) is 0 Å². The Morgan fingerprint density at radius 3 is 1.31 bits per heavy atom. The third kappa shape index (κ3) is 12.0. The molecule has 2 rings (SSSR count). The lowest BCUT2D eigenvalue weighted by Crippen LogP contribution is -2.30. The Bertz CT molecular complexity index is 1480. The molecule has 1 N–H and O–H groups in total. The van der Waals surface area contributed by atoms with Gasteiger partial charge in [-0.05, 0) is 74.2 Å². The van der Waals surface area contributed by atoms with E-state index in [1.165, 1.54) is 60.4 Å². The molecule has 0 spiro atoms. The summed E-state index contributed by atoms with van der Waals surface area (Å²) in [6.07, 6.45) is 0. The number of carboxylic acid groups (broad SMARTS) is 1. The lowest BCUT2D eigenvalue weighted by Gasteiger charge is -2.20. The van der Waals surface area contributed by atoms with Crippen LogP contribution in [0, 0.1) is 27.7 Å². The maximum atomic E-state index is 12.7. The molecular formula is C29H44N2O10S4. The van der Waals surface area contributed by atoms with Crippen molar-refractivity contribution in [3.8, 4) is 11.5 Å². The summed E-state index contributed by atoms with van der Waals surface area (Å²) in [5, 5.41) is 8.57. The fraction of sp³-hybridized carbons (Fsp3) is 0.517. The summed E-state index contributed by atoms with van der Waals surface area (Å²) in [6, 6.07) is 6.79. The Hall–Kier alpha value is -2.50. The minimum Gasteiger partial charge on any atom is -0.497 e. The molecule has 0 aliphatic carbocycles. The highest BCUT2D eigenvalue weighted by molar-refractivity contribution is 8.00. The minimum atomic E-state index is -3.61. The summed E-state index contributed by atoms with van der Waals surface area (Å²) < 4.78 is 68.2. The van der Waals surface area contributed by atoms with E-state index in [-0.39, 0.29) is 28.9 Å². The second-order valence-electron chi connectivity index (χ2n) is 9.91. The first kappa shape index (κ1) is 40.5. The van der Waals surface area contributed by atoms with Crippen LogP contribution in [-0.2, 0) is 34.4 Å². The molecule has 12 nitrogen and oxygen atoms in total. The first-order chi connectivity index (χ1) is 20.9. The summed E-state index contributed by atoms with van der Waals surface area (Å²) in [7, 11) is 0.259. The van der Waals surface area contributed by atoms with Crippen LogP contribution in [0.4, 0.5) is 0 Å². The SMILES string of the molecule is COC(=O)CSCCN(C)S(=O)(=O)c1c(C)cc(OC)cc1C.COc1cc(C)c(S(=O)(=O)N(C)CCSCC(=O)O)c(C)c1. The number of aliphatic carboxylic acids is 1. The van der Waals surface area contributed by atoms with Crippen molar-refractivity contribution < 1.29 is 45.7 Å². The molecule has 16 heteroatoms. The summed E-state index contributed by atoms with van der Waals surface area (Å²) in [5.41, 5.74) is 2.55. The van der Waals surface area contributed by atoms with E-state index < -0.39 is 26.0 Å². The van der Waals surface area contributed by atoms with Gasteiger partial charge in [0, 0.05) is 38.7 Å². The first-order valence-corrected chi connectivity index (χ1v) is 18.8. The standard InChI is InChI=1S/C15H23NO5S2.C14H21NO5S2/c1-11-8-13(20-4)9-12(2)15(11)23(18,19)16(3)6-7-22-10-14(17)21-5;1-10-7-12(20-4)8-11(2)14(10)22(18,19)15(3)5-6-21-9-13(16)17/h8-9H,6-7,10H2,1-5H3;7-8H,5-6,9H2,1-4H3,(H,16,17). The Labute approximate surface area is 275 Å². The zero-order valence-electron chi connectivity index (χ0n) is 27.2. The molecule has 0 saturated heterocycles. The topological polar surface area (TPSA) is 157 Å². The number of aryl methyl sites for hydroxylation is 4. The Balaban J connectivity index is 0.000000450. The lowest BCUT2D eigenvalue weighted by molar-refractivity contribution is -0.137. The van der Waals surface area contributed by atoms with E-state index in [0.717, 1.165) is 0 Å². The summed E-state index contributed by atoms with van der Waals surface area (Å²) in [4.78, 5) is 22.1.